The summed E-state index contributed by atoms with van der Waals surface area (Å²) in [6, 6.07) is 4.80. The maximum Gasteiger partial charge on any atom is 0.330 e. The van der Waals surface area contributed by atoms with Crippen molar-refractivity contribution in [3.8, 4) is 0 Å². The molecule has 0 unspecified atom stereocenters. The minimum Gasteiger partial charge on any atom is -0.467 e. The summed E-state index contributed by atoms with van der Waals surface area (Å²) in [5, 5.41) is 12.4. The molecule has 0 radical (unpaired) electrons. The number of amides is 1. The van der Waals surface area contributed by atoms with E-state index in [9.17, 15) is 9.59 Å². The minimum absolute atomic E-state index is 0.0615. The molecule has 0 aliphatic rings. The fourth-order valence-corrected chi connectivity index (χ4v) is 2.22. The van der Waals surface area contributed by atoms with Crippen LogP contribution in [0.1, 0.15) is 18.1 Å². The fourth-order valence-electron chi connectivity index (χ4n) is 2.22. The van der Waals surface area contributed by atoms with Gasteiger partial charge in [0, 0.05) is 10.9 Å². The van der Waals surface area contributed by atoms with Gasteiger partial charge in [0.15, 0.2) is 6.04 Å². The Kier molecular flexibility index (Phi) is 5.16. The maximum absolute atomic E-state index is 12.0. The van der Waals surface area contributed by atoms with Gasteiger partial charge in [-0.25, -0.2) is 4.79 Å². The Morgan fingerprint density at radius 1 is 1.41 bits per heavy atom. The number of aliphatic hydroxyl groups is 1. The van der Waals surface area contributed by atoms with Crippen molar-refractivity contribution in [1.29, 1.82) is 0 Å². The predicted octanol–water partition coefficient (Wildman–Crippen LogP) is 1.19. The number of esters is 1. The second-order valence-corrected chi connectivity index (χ2v) is 4.95. The van der Waals surface area contributed by atoms with Gasteiger partial charge in [-0.05, 0) is 18.1 Å². The monoisotopic (exact) mass is 305 g/mol. The van der Waals surface area contributed by atoms with Gasteiger partial charge in [-0.15, -0.1) is 0 Å². The van der Waals surface area contributed by atoms with E-state index in [1.807, 2.05) is 18.2 Å². The SMILES string of the molecule is CCc1ccc2c(CC(=O)N[C@@H](CO)C(=O)OC)coc2c1. The molecule has 6 heteroatoms. The number of carbonyl (C=O) groups is 2. The predicted molar refractivity (Wildman–Crippen MR) is 80.3 cm³/mol. The molecule has 6 nitrogen and oxygen atoms in total. The summed E-state index contributed by atoms with van der Waals surface area (Å²) in [5.74, 6) is -1.06. The van der Waals surface area contributed by atoms with Crippen LogP contribution in [-0.4, -0.2) is 36.7 Å². The summed E-state index contributed by atoms with van der Waals surface area (Å²) in [7, 11) is 1.20. The van der Waals surface area contributed by atoms with Crippen molar-refractivity contribution in [1.82, 2.24) is 5.32 Å². The number of ether oxygens (including phenoxy) is 1. The van der Waals surface area contributed by atoms with Crippen molar-refractivity contribution >= 4 is 22.8 Å². The fraction of sp³-hybridized carbons (Fsp3) is 0.375. The Morgan fingerprint density at radius 3 is 2.82 bits per heavy atom. The Morgan fingerprint density at radius 2 is 2.18 bits per heavy atom. The number of hydrogen-bond donors (Lipinski definition) is 2. The number of rotatable bonds is 6. The van der Waals surface area contributed by atoms with Crippen molar-refractivity contribution in [2.75, 3.05) is 13.7 Å². The molecule has 2 aromatic rings. The highest BCUT2D eigenvalue weighted by Crippen LogP contribution is 2.23. The van der Waals surface area contributed by atoms with E-state index in [1.54, 1.807) is 0 Å². The molecule has 0 aliphatic heterocycles. The van der Waals surface area contributed by atoms with E-state index < -0.39 is 18.6 Å². The third-order valence-corrected chi connectivity index (χ3v) is 3.48. The highest BCUT2D eigenvalue weighted by Gasteiger charge is 2.21. The first-order valence-electron chi connectivity index (χ1n) is 7.06. The summed E-state index contributed by atoms with van der Waals surface area (Å²) in [4.78, 5) is 23.3. The van der Waals surface area contributed by atoms with E-state index >= 15 is 0 Å². The molecule has 1 aromatic heterocycles. The molecule has 1 atom stereocenters. The van der Waals surface area contributed by atoms with Gasteiger partial charge >= 0.3 is 5.97 Å². The van der Waals surface area contributed by atoms with Crippen LogP contribution in [0.3, 0.4) is 0 Å². The standard InChI is InChI=1S/C16H19NO5/c1-3-10-4-5-12-11(9-22-14(12)6-10)7-15(19)17-13(8-18)16(20)21-2/h4-6,9,13,18H,3,7-8H2,1-2H3,(H,17,19)/t13-/m0/s1. The molecule has 0 spiro atoms. The zero-order valence-electron chi connectivity index (χ0n) is 12.6. The molecule has 118 valence electrons. The second kappa shape index (κ2) is 7.09. The third-order valence-electron chi connectivity index (χ3n) is 3.48. The van der Waals surface area contributed by atoms with Crippen molar-refractivity contribution in [3.63, 3.8) is 0 Å². The van der Waals surface area contributed by atoms with E-state index in [4.69, 9.17) is 9.52 Å². The molecule has 0 fully saturated rings. The smallest absolute Gasteiger partial charge is 0.330 e. The highest BCUT2D eigenvalue weighted by molar-refractivity contribution is 5.90. The lowest BCUT2D eigenvalue weighted by atomic mass is 10.1. The molecule has 0 bridgehead atoms. The van der Waals surface area contributed by atoms with Gasteiger partial charge in [0.05, 0.1) is 26.4 Å². The van der Waals surface area contributed by atoms with Crippen LogP contribution in [0.5, 0.6) is 0 Å². The van der Waals surface area contributed by atoms with E-state index in [2.05, 4.69) is 17.0 Å². The Balaban J connectivity index is 2.10. The average molecular weight is 305 g/mol. The topological polar surface area (TPSA) is 88.8 Å². The lowest BCUT2D eigenvalue weighted by molar-refractivity contribution is -0.146. The van der Waals surface area contributed by atoms with Crippen LogP contribution >= 0.6 is 0 Å². The molecule has 1 amide bonds. The summed E-state index contributed by atoms with van der Waals surface area (Å²) >= 11 is 0. The van der Waals surface area contributed by atoms with Crippen LogP contribution < -0.4 is 5.32 Å². The van der Waals surface area contributed by atoms with Gasteiger partial charge in [-0.3, -0.25) is 4.79 Å². The number of benzene rings is 1. The largest absolute Gasteiger partial charge is 0.467 e. The first kappa shape index (κ1) is 16.0. The summed E-state index contributed by atoms with van der Waals surface area (Å²) < 4.78 is 9.97. The van der Waals surface area contributed by atoms with E-state index in [0.29, 0.717) is 0 Å². The van der Waals surface area contributed by atoms with E-state index in [0.717, 1.165) is 28.5 Å². The van der Waals surface area contributed by atoms with Crippen LogP contribution in [-0.2, 0) is 27.2 Å². The second-order valence-electron chi connectivity index (χ2n) is 4.95. The lowest BCUT2D eigenvalue weighted by Crippen LogP contribution is -2.44. The van der Waals surface area contributed by atoms with Gasteiger partial charge in [0.25, 0.3) is 0 Å². The van der Waals surface area contributed by atoms with Crippen LogP contribution in [0, 0.1) is 0 Å². The summed E-state index contributed by atoms with van der Waals surface area (Å²) in [6.07, 6.45) is 2.51. The van der Waals surface area contributed by atoms with Crippen molar-refractivity contribution in [2.45, 2.75) is 25.8 Å². The van der Waals surface area contributed by atoms with Crippen LogP contribution in [0.2, 0.25) is 0 Å². The average Bonchev–Trinajstić information content (AvgIpc) is 2.93. The number of fused-ring (bicyclic) bond motifs is 1. The number of nitrogens with one attached hydrogen (secondary N) is 1. The molecular weight excluding hydrogens is 286 g/mol. The quantitative estimate of drug-likeness (QED) is 0.783. The molecule has 1 aromatic carbocycles. The highest BCUT2D eigenvalue weighted by atomic mass is 16.5. The van der Waals surface area contributed by atoms with Crippen molar-refractivity contribution < 1.29 is 23.8 Å². The van der Waals surface area contributed by atoms with Gasteiger partial charge in [-0.1, -0.05) is 19.1 Å². The molecule has 2 rings (SSSR count). The van der Waals surface area contributed by atoms with Crippen molar-refractivity contribution in [3.05, 3.63) is 35.6 Å². The molecule has 0 aliphatic carbocycles. The summed E-state index contributed by atoms with van der Waals surface area (Å²) in [5.41, 5.74) is 2.62. The summed E-state index contributed by atoms with van der Waals surface area (Å²) in [6.45, 7) is 1.55. The number of carbonyl (C=O) groups excluding carboxylic acids is 2. The third kappa shape index (κ3) is 3.46. The van der Waals surface area contributed by atoms with E-state index in [-0.39, 0.29) is 12.3 Å². The molecule has 1 heterocycles. The number of furan rings is 1. The first-order valence-corrected chi connectivity index (χ1v) is 7.06. The van der Waals surface area contributed by atoms with Crippen molar-refractivity contribution in [2.24, 2.45) is 0 Å². The normalized spacial score (nSPS) is 12.1. The molecule has 0 saturated heterocycles. The Labute approximate surface area is 128 Å². The van der Waals surface area contributed by atoms with E-state index in [1.165, 1.54) is 13.4 Å². The molecule has 0 saturated carbocycles. The molecule has 22 heavy (non-hydrogen) atoms. The van der Waals surface area contributed by atoms with Gasteiger partial charge in [0.2, 0.25) is 5.91 Å². The van der Waals surface area contributed by atoms with Crippen LogP contribution in [0.25, 0.3) is 11.0 Å². The van der Waals surface area contributed by atoms with Crippen LogP contribution in [0.4, 0.5) is 0 Å². The number of hydrogen-bond acceptors (Lipinski definition) is 5. The molecular formula is C16H19NO5. The number of aryl methyl sites for hydroxylation is 1. The van der Waals surface area contributed by atoms with Gasteiger partial charge < -0.3 is 19.6 Å². The maximum atomic E-state index is 12.0. The van der Waals surface area contributed by atoms with Gasteiger partial charge in [-0.2, -0.15) is 0 Å². The lowest BCUT2D eigenvalue weighted by Gasteiger charge is -2.13. The Hall–Kier alpha value is -2.34. The van der Waals surface area contributed by atoms with Crippen LogP contribution in [0.15, 0.2) is 28.9 Å². The number of aliphatic hydroxyl groups excluding tert-OH is 1. The Bertz CT molecular complexity index is 676. The minimum atomic E-state index is -1.05. The first-order chi connectivity index (χ1) is 10.6. The zero-order chi connectivity index (χ0) is 16.1. The number of methoxy groups -OCH3 is 1. The van der Waals surface area contributed by atoms with Gasteiger partial charge in [0.1, 0.15) is 5.58 Å². The molecule has 2 N–H and O–H groups in total. The zero-order valence-corrected chi connectivity index (χ0v) is 12.6.